The molecule has 0 fully saturated rings. The van der Waals surface area contributed by atoms with Gasteiger partial charge in [0.2, 0.25) is 0 Å². The number of pyridine rings is 1. The van der Waals surface area contributed by atoms with Gasteiger partial charge in [0.15, 0.2) is 17.3 Å². The molecule has 0 aliphatic rings. The Labute approximate surface area is 164 Å². The lowest BCUT2D eigenvalue weighted by Gasteiger charge is -2.14. The molecule has 0 saturated carbocycles. The zero-order chi connectivity index (χ0) is 21.3. The monoisotopic (exact) mass is 402 g/mol. The van der Waals surface area contributed by atoms with E-state index < -0.39 is 28.8 Å². The molecule has 0 spiro atoms. The normalized spacial score (nSPS) is 11.2. The number of hydrogen-bond acceptors (Lipinski definition) is 4. The van der Waals surface area contributed by atoms with Gasteiger partial charge in [0.05, 0.1) is 10.9 Å². The van der Waals surface area contributed by atoms with Gasteiger partial charge in [0.25, 0.3) is 11.5 Å². The van der Waals surface area contributed by atoms with Crippen LogP contribution in [-0.2, 0) is 6.54 Å². The van der Waals surface area contributed by atoms with Gasteiger partial charge in [0, 0.05) is 24.0 Å². The summed E-state index contributed by atoms with van der Waals surface area (Å²) in [6, 6.07) is 4.41. The third-order valence-corrected chi connectivity index (χ3v) is 4.43. The lowest BCUT2D eigenvalue weighted by Crippen LogP contribution is -2.32. The highest BCUT2D eigenvalue weighted by Gasteiger charge is 2.20. The summed E-state index contributed by atoms with van der Waals surface area (Å²) < 4.78 is 27.9. The molecule has 0 unspecified atom stereocenters. The van der Waals surface area contributed by atoms with E-state index in [1.807, 2.05) is 20.8 Å². The first kappa shape index (κ1) is 20.4. The molecule has 2 N–H and O–H groups in total. The predicted octanol–water partition coefficient (Wildman–Crippen LogP) is 3.15. The van der Waals surface area contributed by atoms with Crippen molar-refractivity contribution in [3.05, 3.63) is 68.0 Å². The molecular weight excluding hydrogens is 382 g/mol. The maximum atomic E-state index is 13.5. The van der Waals surface area contributed by atoms with Gasteiger partial charge in [-0.15, -0.1) is 0 Å². The maximum Gasteiger partial charge on any atom is 0.329 e. The van der Waals surface area contributed by atoms with Crippen molar-refractivity contribution in [1.82, 2.24) is 14.5 Å². The summed E-state index contributed by atoms with van der Waals surface area (Å²) in [5.41, 5.74) is -0.692. The largest absolute Gasteiger partial charge is 0.329 e. The summed E-state index contributed by atoms with van der Waals surface area (Å²) >= 11 is 0. The highest BCUT2D eigenvalue weighted by molar-refractivity contribution is 6.11. The van der Waals surface area contributed by atoms with Crippen LogP contribution >= 0.6 is 0 Å². The van der Waals surface area contributed by atoms with Gasteiger partial charge < -0.3 is 5.32 Å². The molecule has 9 heteroatoms. The van der Waals surface area contributed by atoms with Crippen LogP contribution in [0.25, 0.3) is 11.0 Å². The van der Waals surface area contributed by atoms with Crippen LogP contribution in [0.4, 0.5) is 14.5 Å². The van der Waals surface area contributed by atoms with Crippen molar-refractivity contribution < 1.29 is 13.6 Å². The van der Waals surface area contributed by atoms with E-state index in [0.717, 1.165) is 12.1 Å². The molecule has 1 aromatic carbocycles. The van der Waals surface area contributed by atoms with Gasteiger partial charge in [-0.05, 0) is 30.5 Å². The number of anilines is 1. The molecule has 0 radical (unpaired) electrons. The fourth-order valence-corrected chi connectivity index (χ4v) is 2.97. The van der Waals surface area contributed by atoms with Crippen LogP contribution in [0.5, 0.6) is 0 Å². The minimum atomic E-state index is -1.11. The standard InChI is InChI=1S/C20H20F2N4O3/c1-4-7-26-17-16(19(28)25-20(26)29)12(9-15(24-17)10(2)3)18(27)23-11-5-6-13(21)14(22)8-11/h5-6,8-10H,4,7H2,1-3H3,(H,23,27)(H,25,28,29). The maximum absolute atomic E-state index is 13.5. The number of benzene rings is 1. The number of amides is 1. The van der Waals surface area contributed by atoms with Crippen LogP contribution in [0.1, 0.15) is 49.2 Å². The lowest BCUT2D eigenvalue weighted by atomic mass is 10.0. The molecule has 1 amide bonds. The molecule has 7 nitrogen and oxygen atoms in total. The fraction of sp³-hybridized carbons (Fsp3) is 0.300. The van der Waals surface area contributed by atoms with Crippen LogP contribution < -0.4 is 16.6 Å². The second-order valence-electron chi connectivity index (χ2n) is 6.94. The topological polar surface area (TPSA) is 96.9 Å². The van der Waals surface area contributed by atoms with Crippen molar-refractivity contribution in [1.29, 1.82) is 0 Å². The van der Waals surface area contributed by atoms with Crippen molar-refractivity contribution >= 4 is 22.6 Å². The number of H-pyrrole nitrogens is 1. The zero-order valence-corrected chi connectivity index (χ0v) is 16.2. The summed E-state index contributed by atoms with van der Waals surface area (Å²) in [6.45, 7) is 5.90. The average Bonchev–Trinajstić information content (AvgIpc) is 2.66. The van der Waals surface area contributed by atoms with E-state index in [2.05, 4.69) is 15.3 Å². The Kier molecular flexibility index (Phi) is 5.58. The molecule has 3 rings (SSSR count). The molecule has 0 atom stereocenters. The average molecular weight is 402 g/mol. The molecule has 152 valence electrons. The zero-order valence-electron chi connectivity index (χ0n) is 16.2. The number of nitrogens with one attached hydrogen (secondary N) is 2. The van der Waals surface area contributed by atoms with E-state index in [4.69, 9.17) is 0 Å². The number of aromatic nitrogens is 3. The van der Waals surface area contributed by atoms with E-state index in [1.165, 1.54) is 16.7 Å². The van der Waals surface area contributed by atoms with Crippen molar-refractivity contribution in [2.24, 2.45) is 0 Å². The number of nitrogens with zero attached hydrogens (tertiary/aromatic N) is 2. The van der Waals surface area contributed by atoms with E-state index in [0.29, 0.717) is 18.7 Å². The van der Waals surface area contributed by atoms with Crippen molar-refractivity contribution in [2.45, 2.75) is 39.7 Å². The smallest absolute Gasteiger partial charge is 0.322 e. The lowest BCUT2D eigenvalue weighted by molar-refractivity contribution is 0.102. The van der Waals surface area contributed by atoms with Gasteiger partial charge in [0.1, 0.15) is 0 Å². The van der Waals surface area contributed by atoms with Gasteiger partial charge in [-0.3, -0.25) is 19.1 Å². The van der Waals surface area contributed by atoms with E-state index in [9.17, 15) is 23.2 Å². The minimum absolute atomic E-state index is 0.00506. The number of hydrogen-bond donors (Lipinski definition) is 2. The number of carbonyl (C=O) groups is 1. The van der Waals surface area contributed by atoms with Crippen LogP contribution in [0.3, 0.4) is 0 Å². The summed E-state index contributed by atoms with van der Waals surface area (Å²) in [4.78, 5) is 44.3. The van der Waals surface area contributed by atoms with Gasteiger partial charge >= 0.3 is 5.69 Å². The van der Waals surface area contributed by atoms with Crippen molar-refractivity contribution in [2.75, 3.05) is 5.32 Å². The molecule has 0 aliphatic carbocycles. The number of fused-ring (bicyclic) bond motifs is 1. The van der Waals surface area contributed by atoms with E-state index >= 15 is 0 Å². The van der Waals surface area contributed by atoms with Crippen LogP contribution in [0.15, 0.2) is 33.9 Å². The molecule has 2 aromatic heterocycles. The van der Waals surface area contributed by atoms with E-state index in [-0.39, 0.29) is 28.2 Å². The van der Waals surface area contributed by atoms with Crippen LogP contribution in [0.2, 0.25) is 0 Å². The predicted molar refractivity (Wildman–Crippen MR) is 105 cm³/mol. The summed E-state index contributed by atoms with van der Waals surface area (Å²) in [6.07, 6.45) is 0.616. The second kappa shape index (κ2) is 7.94. The summed E-state index contributed by atoms with van der Waals surface area (Å²) in [7, 11) is 0. The molecule has 0 aliphatic heterocycles. The van der Waals surface area contributed by atoms with Crippen molar-refractivity contribution in [3.63, 3.8) is 0 Å². The van der Waals surface area contributed by atoms with Gasteiger partial charge in [-0.1, -0.05) is 20.8 Å². The molecule has 3 aromatic rings. The SMILES string of the molecule is CCCn1c(=O)[nH]c(=O)c2c(C(=O)Nc3ccc(F)c(F)c3)cc(C(C)C)nc21. The first-order valence-corrected chi connectivity index (χ1v) is 9.17. The first-order chi connectivity index (χ1) is 13.7. The Balaban J connectivity index is 2.23. The first-order valence-electron chi connectivity index (χ1n) is 9.17. The quantitative estimate of drug-likeness (QED) is 0.685. The van der Waals surface area contributed by atoms with Crippen LogP contribution in [-0.4, -0.2) is 20.4 Å². The Hall–Kier alpha value is -3.36. The number of aryl methyl sites for hydroxylation is 1. The highest BCUT2D eigenvalue weighted by Crippen LogP contribution is 2.21. The van der Waals surface area contributed by atoms with E-state index in [1.54, 1.807) is 0 Å². The summed E-state index contributed by atoms with van der Waals surface area (Å²) in [5.74, 6) is -2.93. The van der Waals surface area contributed by atoms with Crippen molar-refractivity contribution in [3.8, 4) is 0 Å². The third-order valence-electron chi connectivity index (χ3n) is 4.43. The Bertz CT molecular complexity index is 1210. The third kappa shape index (κ3) is 3.94. The molecule has 0 saturated heterocycles. The number of aromatic amines is 1. The second-order valence-corrected chi connectivity index (χ2v) is 6.94. The van der Waals surface area contributed by atoms with Gasteiger partial charge in [-0.2, -0.15) is 0 Å². The molecule has 2 heterocycles. The minimum Gasteiger partial charge on any atom is -0.322 e. The highest BCUT2D eigenvalue weighted by atomic mass is 19.2. The summed E-state index contributed by atoms with van der Waals surface area (Å²) in [5, 5.41) is 2.42. The number of rotatable bonds is 5. The Morgan fingerprint density at radius 1 is 1.21 bits per heavy atom. The fourth-order valence-electron chi connectivity index (χ4n) is 2.97. The van der Waals surface area contributed by atoms with Crippen LogP contribution in [0, 0.1) is 11.6 Å². The number of carbonyl (C=O) groups excluding carboxylic acids is 1. The van der Waals surface area contributed by atoms with Gasteiger partial charge in [-0.25, -0.2) is 18.6 Å². The Morgan fingerprint density at radius 2 is 1.93 bits per heavy atom. The Morgan fingerprint density at radius 3 is 2.55 bits per heavy atom. The molecular formula is C20H20F2N4O3. The molecule has 29 heavy (non-hydrogen) atoms. The number of halogens is 2. The molecule has 0 bridgehead atoms.